The minimum atomic E-state index is -1.22. The standard InChI is InChI=1S/C15H21NO4S/c1-3-21-12(9-11-7-5-4-6-8-11)10-13(14(17)20-2)16-15(18)19/h4-8,12-13,16H,3,9-10H2,1-2H3,(H,18,19)/t12-,13?/m1/s1. The molecule has 0 radical (unpaired) electrons. The largest absolute Gasteiger partial charge is 0.467 e. The van der Waals surface area contributed by atoms with Crippen molar-refractivity contribution in [2.24, 2.45) is 0 Å². The van der Waals surface area contributed by atoms with E-state index >= 15 is 0 Å². The van der Waals surface area contributed by atoms with E-state index in [4.69, 9.17) is 5.11 Å². The summed E-state index contributed by atoms with van der Waals surface area (Å²) in [5, 5.41) is 11.2. The molecule has 116 valence electrons. The second-order valence-electron chi connectivity index (χ2n) is 4.53. The fraction of sp³-hybridized carbons (Fsp3) is 0.467. The third kappa shape index (κ3) is 6.53. The van der Waals surface area contributed by atoms with Crippen molar-refractivity contribution in [3.8, 4) is 0 Å². The van der Waals surface area contributed by atoms with Crippen molar-refractivity contribution < 1.29 is 19.4 Å². The molecule has 0 bridgehead atoms. The van der Waals surface area contributed by atoms with Crippen LogP contribution in [0.1, 0.15) is 18.9 Å². The molecule has 5 nitrogen and oxygen atoms in total. The van der Waals surface area contributed by atoms with Gasteiger partial charge in [0, 0.05) is 5.25 Å². The summed E-state index contributed by atoms with van der Waals surface area (Å²) in [5.41, 5.74) is 1.17. The molecule has 0 spiro atoms. The molecule has 6 heteroatoms. The fourth-order valence-corrected chi connectivity index (χ4v) is 3.20. The zero-order valence-corrected chi connectivity index (χ0v) is 13.1. The Hall–Kier alpha value is -1.69. The summed E-state index contributed by atoms with van der Waals surface area (Å²) in [6, 6.07) is 9.11. The van der Waals surface area contributed by atoms with Crippen molar-refractivity contribution in [3.05, 3.63) is 35.9 Å². The van der Waals surface area contributed by atoms with Crippen molar-refractivity contribution in [1.29, 1.82) is 0 Å². The normalized spacial score (nSPS) is 13.2. The number of rotatable bonds is 8. The molecule has 0 aliphatic heterocycles. The van der Waals surface area contributed by atoms with Gasteiger partial charge in [-0.15, -0.1) is 0 Å². The van der Waals surface area contributed by atoms with Crippen LogP contribution in [0.25, 0.3) is 0 Å². The van der Waals surface area contributed by atoms with Gasteiger partial charge in [0.05, 0.1) is 7.11 Å². The number of carbonyl (C=O) groups excluding carboxylic acids is 1. The molecular weight excluding hydrogens is 290 g/mol. The van der Waals surface area contributed by atoms with Crippen molar-refractivity contribution in [2.75, 3.05) is 12.9 Å². The predicted octanol–water partition coefficient (Wildman–Crippen LogP) is 2.55. The van der Waals surface area contributed by atoms with Crippen molar-refractivity contribution in [2.45, 2.75) is 31.1 Å². The first kappa shape index (κ1) is 17.4. The van der Waals surface area contributed by atoms with E-state index in [1.807, 2.05) is 37.3 Å². The van der Waals surface area contributed by atoms with Crippen molar-refractivity contribution in [3.63, 3.8) is 0 Å². The molecule has 1 unspecified atom stereocenters. The first-order chi connectivity index (χ1) is 10.1. The van der Waals surface area contributed by atoms with E-state index in [-0.39, 0.29) is 5.25 Å². The number of thioether (sulfide) groups is 1. The van der Waals surface area contributed by atoms with Crippen LogP contribution in [0.3, 0.4) is 0 Å². The van der Waals surface area contributed by atoms with Gasteiger partial charge in [0.2, 0.25) is 0 Å². The molecular formula is C15H21NO4S. The third-order valence-corrected chi connectivity index (χ3v) is 4.15. The number of amides is 1. The van der Waals surface area contributed by atoms with Crippen LogP contribution in [0.15, 0.2) is 30.3 Å². The average Bonchev–Trinajstić information content (AvgIpc) is 2.46. The Morgan fingerprint density at radius 2 is 2.00 bits per heavy atom. The van der Waals surface area contributed by atoms with Gasteiger partial charge in [-0.3, -0.25) is 0 Å². The number of hydrogen-bond acceptors (Lipinski definition) is 4. The summed E-state index contributed by atoms with van der Waals surface area (Å²) in [6.45, 7) is 2.04. The number of methoxy groups -OCH3 is 1. The van der Waals surface area contributed by atoms with Gasteiger partial charge >= 0.3 is 12.1 Å². The second-order valence-corrected chi connectivity index (χ2v) is 6.11. The van der Waals surface area contributed by atoms with Crippen molar-refractivity contribution in [1.82, 2.24) is 5.32 Å². The maximum Gasteiger partial charge on any atom is 0.405 e. The Bertz CT molecular complexity index is 452. The highest BCUT2D eigenvalue weighted by molar-refractivity contribution is 7.99. The Labute approximate surface area is 129 Å². The lowest BCUT2D eigenvalue weighted by molar-refractivity contribution is -0.143. The van der Waals surface area contributed by atoms with Crippen LogP contribution < -0.4 is 5.32 Å². The molecule has 2 N–H and O–H groups in total. The Morgan fingerprint density at radius 3 is 2.52 bits per heavy atom. The van der Waals surface area contributed by atoms with Gasteiger partial charge in [0.1, 0.15) is 6.04 Å². The molecule has 2 atom stereocenters. The van der Waals surface area contributed by atoms with Crippen LogP contribution in [0.2, 0.25) is 0 Å². The highest BCUT2D eigenvalue weighted by atomic mass is 32.2. The third-order valence-electron chi connectivity index (χ3n) is 2.99. The summed E-state index contributed by atoms with van der Waals surface area (Å²) >= 11 is 1.71. The van der Waals surface area contributed by atoms with Crippen LogP contribution in [0.4, 0.5) is 4.79 Å². The van der Waals surface area contributed by atoms with Gasteiger partial charge in [0.15, 0.2) is 0 Å². The second kappa shape index (κ2) is 9.28. The molecule has 1 aromatic carbocycles. The summed E-state index contributed by atoms with van der Waals surface area (Å²) in [6.07, 6.45) is -0.0223. The van der Waals surface area contributed by atoms with E-state index in [2.05, 4.69) is 10.1 Å². The van der Waals surface area contributed by atoms with Crippen molar-refractivity contribution >= 4 is 23.8 Å². The van der Waals surface area contributed by atoms with Crippen LogP contribution >= 0.6 is 11.8 Å². The summed E-state index contributed by atoms with van der Waals surface area (Å²) in [4.78, 5) is 22.5. The number of ether oxygens (including phenoxy) is 1. The van der Waals surface area contributed by atoms with Gasteiger partial charge in [-0.1, -0.05) is 37.3 Å². The Balaban J connectivity index is 2.73. The number of esters is 1. The monoisotopic (exact) mass is 311 g/mol. The van der Waals surface area contributed by atoms with E-state index in [0.717, 1.165) is 12.2 Å². The average molecular weight is 311 g/mol. The summed E-state index contributed by atoms with van der Waals surface area (Å²) in [5.74, 6) is 0.352. The molecule has 21 heavy (non-hydrogen) atoms. The molecule has 1 rings (SSSR count). The van der Waals surface area contributed by atoms with E-state index in [9.17, 15) is 9.59 Å². The Kier molecular flexibility index (Phi) is 7.68. The lowest BCUT2D eigenvalue weighted by Gasteiger charge is -2.21. The van der Waals surface area contributed by atoms with Crippen LogP contribution in [-0.4, -0.2) is 41.3 Å². The zero-order chi connectivity index (χ0) is 15.7. The minimum absolute atomic E-state index is 0.147. The lowest BCUT2D eigenvalue weighted by Crippen LogP contribution is -2.42. The van der Waals surface area contributed by atoms with E-state index in [0.29, 0.717) is 6.42 Å². The number of carboxylic acid groups (broad SMARTS) is 1. The minimum Gasteiger partial charge on any atom is -0.467 e. The molecule has 1 aromatic rings. The number of nitrogens with one attached hydrogen (secondary N) is 1. The van der Waals surface area contributed by atoms with Gasteiger partial charge in [-0.2, -0.15) is 11.8 Å². The zero-order valence-electron chi connectivity index (χ0n) is 12.2. The quantitative estimate of drug-likeness (QED) is 0.722. The molecule has 1 amide bonds. The van der Waals surface area contributed by atoms with Gasteiger partial charge < -0.3 is 15.2 Å². The summed E-state index contributed by atoms with van der Waals surface area (Å²) in [7, 11) is 1.26. The van der Waals surface area contributed by atoms with E-state index in [1.54, 1.807) is 11.8 Å². The van der Waals surface area contributed by atoms with Crippen LogP contribution in [0, 0.1) is 0 Å². The first-order valence-electron chi connectivity index (χ1n) is 6.79. The highest BCUT2D eigenvalue weighted by Crippen LogP contribution is 2.21. The molecule has 0 aromatic heterocycles. The van der Waals surface area contributed by atoms with Crippen LogP contribution in [-0.2, 0) is 16.0 Å². The van der Waals surface area contributed by atoms with E-state index < -0.39 is 18.1 Å². The number of hydrogen-bond donors (Lipinski definition) is 2. The number of carbonyl (C=O) groups is 2. The Morgan fingerprint density at radius 1 is 1.33 bits per heavy atom. The predicted molar refractivity (Wildman–Crippen MR) is 83.6 cm³/mol. The van der Waals surface area contributed by atoms with Gasteiger partial charge in [-0.05, 0) is 24.2 Å². The van der Waals surface area contributed by atoms with E-state index in [1.165, 1.54) is 12.7 Å². The topological polar surface area (TPSA) is 75.6 Å². The molecule has 0 aliphatic carbocycles. The molecule has 0 fully saturated rings. The smallest absolute Gasteiger partial charge is 0.405 e. The first-order valence-corrected chi connectivity index (χ1v) is 7.84. The molecule has 0 aliphatic rings. The van der Waals surface area contributed by atoms with Gasteiger partial charge in [0.25, 0.3) is 0 Å². The molecule has 0 saturated heterocycles. The highest BCUT2D eigenvalue weighted by Gasteiger charge is 2.25. The van der Waals surface area contributed by atoms with Crippen LogP contribution in [0.5, 0.6) is 0 Å². The summed E-state index contributed by atoms with van der Waals surface area (Å²) < 4.78 is 4.67. The fourth-order valence-electron chi connectivity index (χ4n) is 2.09. The maximum absolute atomic E-state index is 11.7. The number of benzene rings is 1. The molecule has 0 heterocycles. The SMILES string of the molecule is CCS[C@H](Cc1ccccc1)CC(NC(=O)O)C(=O)OC. The maximum atomic E-state index is 11.7. The molecule has 0 saturated carbocycles. The van der Waals surface area contributed by atoms with Gasteiger partial charge in [-0.25, -0.2) is 9.59 Å². The lowest BCUT2D eigenvalue weighted by atomic mass is 10.0.